The van der Waals surface area contributed by atoms with E-state index < -0.39 is 59.0 Å². The van der Waals surface area contributed by atoms with Crippen molar-refractivity contribution in [3.05, 3.63) is 94.3 Å². The molecule has 0 unspecified atom stereocenters. The lowest BCUT2D eigenvalue weighted by molar-refractivity contribution is -0.136. The molecule has 0 fully saturated rings. The molecule has 0 N–H and O–H groups in total. The summed E-state index contributed by atoms with van der Waals surface area (Å²) < 4.78 is 114. The van der Waals surface area contributed by atoms with Crippen molar-refractivity contribution in [3.8, 4) is 23.3 Å². The van der Waals surface area contributed by atoms with Crippen molar-refractivity contribution >= 4 is 5.97 Å². The number of halogens is 8. The summed E-state index contributed by atoms with van der Waals surface area (Å²) in [6, 6.07) is 7.66. The molecule has 188 valence electrons. The summed E-state index contributed by atoms with van der Waals surface area (Å²) in [4.78, 5) is 12.1. The maximum absolute atomic E-state index is 14.2. The van der Waals surface area contributed by atoms with Gasteiger partial charge in [0.15, 0.2) is 17.5 Å². The van der Waals surface area contributed by atoms with Gasteiger partial charge in [0.1, 0.15) is 23.1 Å². The van der Waals surface area contributed by atoms with Crippen molar-refractivity contribution in [2.45, 2.75) is 19.0 Å². The van der Waals surface area contributed by atoms with Gasteiger partial charge < -0.3 is 9.47 Å². The first-order valence-corrected chi connectivity index (χ1v) is 10.1. The molecule has 0 atom stereocenters. The van der Waals surface area contributed by atoms with Gasteiger partial charge in [-0.25, -0.2) is 26.7 Å². The first-order valence-electron chi connectivity index (χ1n) is 10.1. The summed E-state index contributed by atoms with van der Waals surface area (Å²) in [6.07, 6.45) is -5.84. The van der Waals surface area contributed by atoms with Crippen LogP contribution < -0.4 is 9.47 Å². The Kier molecular flexibility index (Phi) is 8.19. The zero-order chi connectivity index (χ0) is 26.5. The fraction of sp³-hybridized carbons (Fsp3) is 0.160. The number of ether oxygens (including phenoxy) is 2. The van der Waals surface area contributed by atoms with Crippen LogP contribution in [0.4, 0.5) is 35.1 Å². The van der Waals surface area contributed by atoms with Gasteiger partial charge in [-0.3, -0.25) is 0 Å². The molecular formula is C25H14F8O3. The van der Waals surface area contributed by atoms with Crippen LogP contribution in [0.3, 0.4) is 0 Å². The van der Waals surface area contributed by atoms with Gasteiger partial charge in [-0.15, -0.1) is 0 Å². The fourth-order valence-electron chi connectivity index (χ4n) is 2.80. The lowest BCUT2D eigenvalue weighted by Crippen LogP contribution is -2.10. The summed E-state index contributed by atoms with van der Waals surface area (Å²) in [5, 5.41) is 0. The molecule has 0 aromatic heterocycles. The number of carbonyl (C=O) groups excluding carboxylic acids is 1. The third-order valence-electron chi connectivity index (χ3n) is 4.51. The predicted molar refractivity (Wildman–Crippen MR) is 111 cm³/mol. The van der Waals surface area contributed by atoms with E-state index in [1.165, 1.54) is 24.3 Å². The van der Waals surface area contributed by atoms with E-state index in [0.717, 1.165) is 12.1 Å². The Morgan fingerprint density at radius 1 is 0.778 bits per heavy atom. The smallest absolute Gasteiger partial charge is 0.389 e. The molecule has 3 nitrogen and oxygen atoms in total. The van der Waals surface area contributed by atoms with Gasteiger partial charge in [-0.1, -0.05) is 11.8 Å². The number of alkyl halides is 3. The summed E-state index contributed by atoms with van der Waals surface area (Å²) in [5.41, 5.74) is -0.437. The van der Waals surface area contributed by atoms with Crippen LogP contribution in [-0.2, 0) is 0 Å². The molecule has 3 aromatic carbocycles. The number of benzene rings is 3. The predicted octanol–water partition coefficient (Wildman–Crippen LogP) is 6.72. The Bertz CT molecular complexity index is 1280. The Morgan fingerprint density at radius 3 is 1.89 bits per heavy atom. The molecule has 3 aromatic rings. The van der Waals surface area contributed by atoms with Gasteiger partial charge in [0.2, 0.25) is 0 Å². The average Bonchev–Trinajstić information content (AvgIpc) is 2.79. The highest BCUT2D eigenvalue weighted by molar-refractivity contribution is 5.91. The molecule has 0 radical (unpaired) electrons. The zero-order valence-corrected chi connectivity index (χ0v) is 18.0. The lowest BCUT2D eigenvalue weighted by atomic mass is 10.1. The number of hydrogen-bond donors (Lipinski definition) is 0. The maximum Gasteiger partial charge on any atom is 0.389 e. The van der Waals surface area contributed by atoms with Crippen molar-refractivity contribution < 1.29 is 49.4 Å². The molecule has 0 spiro atoms. The normalized spacial score (nSPS) is 11.0. The van der Waals surface area contributed by atoms with Gasteiger partial charge >= 0.3 is 12.1 Å². The van der Waals surface area contributed by atoms with Gasteiger partial charge in [0.05, 0.1) is 17.7 Å². The summed E-state index contributed by atoms with van der Waals surface area (Å²) >= 11 is 0. The first-order chi connectivity index (χ1) is 16.9. The standard InChI is InChI=1S/C25H14F8O3/c26-19-10-16(35-9-1-8-25(31,32)33)11-20(27)18(19)7-4-14-2-5-15(6-3-14)24(34)36-17-12-21(28)23(30)22(29)13-17/h2-3,5-6,10-13H,1,8-9H2. The third kappa shape index (κ3) is 7.21. The van der Waals surface area contributed by atoms with Crippen LogP contribution in [0.15, 0.2) is 48.5 Å². The Balaban J connectivity index is 1.65. The number of esters is 1. The molecule has 0 aliphatic carbocycles. The van der Waals surface area contributed by atoms with E-state index in [2.05, 4.69) is 11.8 Å². The Labute approximate surface area is 199 Å². The minimum atomic E-state index is -4.36. The molecular weight excluding hydrogens is 500 g/mol. The lowest BCUT2D eigenvalue weighted by Gasteiger charge is -2.09. The minimum Gasteiger partial charge on any atom is -0.493 e. The fourth-order valence-corrected chi connectivity index (χ4v) is 2.80. The van der Waals surface area contributed by atoms with E-state index in [4.69, 9.17) is 9.47 Å². The van der Waals surface area contributed by atoms with Crippen LogP contribution in [0, 0.1) is 40.9 Å². The monoisotopic (exact) mass is 514 g/mol. The second-order valence-corrected chi connectivity index (χ2v) is 7.25. The largest absolute Gasteiger partial charge is 0.493 e. The number of rotatable bonds is 6. The van der Waals surface area contributed by atoms with E-state index in [1.807, 2.05) is 0 Å². The molecule has 36 heavy (non-hydrogen) atoms. The number of carbonyl (C=O) groups is 1. The summed E-state index contributed by atoms with van der Waals surface area (Å²) in [7, 11) is 0. The molecule has 0 amide bonds. The van der Waals surface area contributed by atoms with Gasteiger partial charge in [-0.05, 0) is 30.7 Å². The van der Waals surface area contributed by atoms with Crippen molar-refractivity contribution in [1.29, 1.82) is 0 Å². The second kappa shape index (κ2) is 11.1. The van der Waals surface area contributed by atoms with E-state index in [0.29, 0.717) is 12.1 Å². The van der Waals surface area contributed by atoms with Crippen molar-refractivity contribution in [1.82, 2.24) is 0 Å². The van der Waals surface area contributed by atoms with Gasteiger partial charge in [0.25, 0.3) is 0 Å². The molecule has 0 heterocycles. The van der Waals surface area contributed by atoms with Crippen LogP contribution >= 0.6 is 0 Å². The van der Waals surface area contributed by atoms with Crippen LogP contribution in [-0.4, -0.2) is 18.8 Å². The highest BCUT2D eigenvalue weighted by atomic mass is 19.4. The van der Waals surface area contributed by atoms with E-state index in [-0.39, 0.29) is 29.9 Å². The quantitative estimate of drug-likeness (QED) is 0.0915. The molecule has 0 saturated carbocycles. The molecule has 11 heteroatoms. The van der Waals surface area contributed by atoms with Crippen LogP contribution in [0.25, 0.3) is 0 Å². The van der Waals surface area contributed by atoms with Crippen LogP contribution in [0.5, 0.6) is 11.5 Å². The maximum atomic E-state index is 14.2. The van der Waals surface area contributed by atoms with Crippen molar-refractivity contribution in [2.75, 3.05) is 6.61 Å². The third-order valence-corrected chi connectivity index (χ3v) is 4.51. The Morgan fingerprint density at radius 2 is 1.33 bits per heavy atom. The minimum absolute atomic E-state index is 0.0601. The highest BCUT2D eigenvalue weighted by Gasteiger charge is 2.26. The summed E-state index contributed by atoms with van der Waals surface area (Å²) in [5.74, 6) is -4.07. The second-order valence-electron chi connectivity index (χ2n) is 7.25. The van der Waals surface area contributed by atoms with Gasteiger partial charge in [-0.2, -0.15) is 13.2 Å². The molecule has 0 saturated heterocycles. The molecule has 0 aliphatic rings. The molecule has 3 rings (SSSR count). The van der Waals surface area contributed by atoms with E-state index in [9.17, 15) is 39.9 Å². The van der Waals surface area contributed by atoms with E-state index in [1.54, 1.807) is 0 Å². The topological polar surface area (TPSA) is 35.5 Å². The van der Waals surface area contributed by atoms with E-state index >= 15 is 0 Å². The highest BCUT2D eigenvalue weighted by Crippen LogP contribution is 2.24. The van der Waals surface area contributed by atoms with Crippen molar-refractivity contribution in [2.24, 2.45) is 0 Å². The Hall–Kier alpha value is -4.07. The van der Waals surface area contributed by atoms with Gasteiger partial charge in [0, 0.05) is 36.2 Å². The van der Waals surface area contributed by atoms with Crippen LogP contribution in [0.2, 0.25) is 0 Å². The molecule has 0 bridgehead atoms. The van der Waals surface area contributed by atoms with Crippen molar-refractivity contribution in [3.63, 3.8) is 0 Å². The SMILES string of the molecule is O=C(Oc1cc(F)c(F)c(F)c1)c1ccc(C#Cc2c(F)cc(OCCCC(F)(F)F)cc2F)cc1. The summed E-state index contributed by atoms with van der Waals surface area (Å²) in [6.45, 7) is -0.386. The first kappa shape index (κ1) is 26.5. The van der Waals surface area contributed by atoms with Crippen LogP contribution in [0.1, 0.15) is 34.3 Å². The zero-order valence-electron chi connectivity index (χ0n) is 18.0. The average molecular weight is 514 g/mol. The molecule has 0 aliphatic heterocycles. The number of hydrogen-bond acceptors (Lipinski definition) is 3.